The molecular formula is C15H20Cl2N4O2S. The van der Waals surface area contributed by atoms with Crippen molar-refractivity contribution in [1.29, 1.82) is 0 Å². The van der Waals surface area contributed by atoms with Gasteiger partial charge in [0.05, 0.1) is 10.2 Å². The highest BCUT2D eigenvalue weighted by atomic mass is 35.5. The molecule has 0 amide bonds. The lowest BCUT2D eigenvalue weighted by Gasteiger charge is -2.40. The van der Waals surface area contributed by atoms with Crippen LogP contribution in [0.3, 0.4) is 0 Å². The number of hydrogen-bond donors (Lipinski definition) is 0. The van der Waals surface area contributed by atoms with Crippen LogP contribution < -0.4 is 4.87 Å². The van der Waals surface area contributed by atoms with Crippen LogP contribution in [0.25, 0.3) is 10.2 Å². The molecule has 1 unspecified atom stereocenters. The average Bonchev–Trinajstić information content (AvgIpc) is 2.85. The smallest absolute Gasteiger partial charge is 0.299 e. The lowest BCUT2D eigenvalue weighted by Crippen LogP contribution is -2.53. The normalized spacial score (nSPS) is 17.8. The Morgan fingerprint density at radius 3 is 2.50 bits per heavy atom. The Bertz CT molecular complexity index is 768. The fourth-order valence-corrected chi connectivity index (χ4v) is 4.00. The number of nitrogens with zero attached hydrogens (tertiary/aromatic N) is 4. The Balaban J connectivity index is 0.00000208. The van der Waals surface area contributed by atoms with Crippen molar-refractivity contribution in [2.45, 2.75) is 6.17 Å². The summed E-state index contributed by atoms with van der Waals surface area (Å²) in [5.74, 6) is 0. The molecule has 0 bridgehead atoms. The Kier molecular flexibility index (Phi) is 6.41. The molecule has 2 heterocycles. The lowest BCUT2D eigenvalue weighted by atomic mass is 10.3. The second-order valence-corrected chi connectivity index (χ2v) is 7.17. The Morgan fingerprint density at radius 2 is 1.92 bits per heavy atom. The Labute approximate surface area is 155 Å². The number of benzene rings is 1. The summed E-state index contributed by atoms with van der Waals surface area (Å²) in [6.07, 6.45) is 0.263. The molecular weight excluding hydrogens is 371 g/mol. The fraction of sp³-hybridized carbons (Fsp3) is 0.467. The maximum Gasteiger partial charge on any atom is 0.309 e. The summed E-state index contributed by atoms with van der Waals surface area (Å²) in [7, 11) is 4.01. The summed E-state index contributed by atoms with van der Waals surface area (Å²) in [5.41, 5.74) is 0.722. The minimum absolute atomic E-state index is 0. The first kappa shape index (κ1) is 19.4. The molecule has 24 heavy (non-hydrogen) atoms. The van der Waals surface area contributed by atoms with Crippen molar-refractivity contribution in [3.05, 3.63) is 32.9 Å². The average molecular weight is 391 g/mol. The monoisotopic (exact) mass is 390 g/mol. The number of hydrogen-bond acceptors (Lipinski definition) is 6. The number of rotatable bonds is 4. The summed E-state index contributed by atoms with van der Waals surface area (Å²) in [4.78, 5) is 26.1. The van der Waals surface area contributed by atoms with Crippen LogP contribution in [-0.2, 0) is 4.79 Å². The second kappa shape index (κ2) is 7.95. The molecule has 0 spiro atoms. The van der Waals surface area contributed by atoms with Crippen LogP contribution in [0, 0.1) is 0 Å². The number of fused-ring (bicyclic) bond motifs is 1. The van der Waals surface area contributed by atoms with E-state index in [1.807, 2.05) is 25.1 Å². The van der Waals surface area contributed by atoms with Gasteiger partial charge in [-0.1, -0.05) is 22.9 Å². The third-order valence-electron chi connectivity index (χ3n) is 4.19. The van der Waals surface area contributed by atoms with Gasteiger partial charge in [-0.2, -0.15) is 0 Å². The van der Waals surface area contributed by atoms with Crippen LogP contribution in [0.2, 0.25) is 5.02 Å². The molecule has 2 aromatic rings. The minimum atomic E-state index is -0.584. The van der Waals surface area contributed by atoms with Crippen LogP contribution in [0.1, 0.15) is 6.17 Å². The van der Waals surface area contributed by atoms with Gasteiger partial charge in [0.1, 0.15) is 6.17 Å². The topological polar surface area (TPSA) is 48.8 Å². The maximum atomic E-state index is 12.4. The zero-order valence-corrected chi connectivity index (χ0v) is 15.9. The van der Waals surface area contributed by atoms with Gasteiger partial charge in [-0.05, 0) is 18.2 Å². The van der Waals surface area contributed by atoms with E-state index in [9.17, 15) is 9.59 Å². The van der Waals surface area contributed by atoms with E-state index in [1.54, 1.807) is 16.7 Å². The summed E-state index contributed by atoms with van der Waals surface area (Å²) >= 11 is 7.21. The quantitative estimate of drug-likeness (QED) is 0.746. The zero-order chi connectivity index (χ0) is 16.6. The number of carbonyl (C=O) groups is 1. The first-order valence-electron chi connectivity index (χ1n) is 7.43. The van der Waals surface area contributed by atoms with Gasteiger partial charge in [0.2, 0.25) is 0 Å². The molecule has 1 aromatic heterocycles. The number of aldehydes is 1. The van der Waals surface area contributed by atoms with E-state index in [0.29, 0.717) is 5.02 Å². The van der Waals surface area contributed by atoms with Crippen molar-refractivity contribution in [3.63, 3.8) is 0 Å². The summed E-state index contributed by atoms with van der Waals surface area (Å²) in [5, 5.41) is 4.83. The van der Waals surface area contributed by atoms with Crippen LogP contribution in [0.15, 0.2) is 23.0 Å². The van der Waals surface area contributed by atoms with Crippen molar-refractivity contribution in [2.24, 2.45) is 0 Å². The predicted octanol–water partition coefficient (Wildman–Crippen LogP) is 1.93. The summed E-state index contributed by atoms with van der Waals surface area (Å²) < 4.78 is 2.41. The highest BCUT2D eigenvalue weighted by Gasteiger charge is 2.27. The molecule has 132 valence electrons. The SMILES string of the molecule is CN(C)N1CCN(C(C=O)n2c(=O)sc3ccc(Cl)cc32)CC1.Cl. The van der Waals surface area contributed by atoms with E-state index in [0.717, 1.165) is 54.0 Å². The number of aromatic nitrogens is 1. The van der Waals surface area contributed by atoms with Gasteiger partial charge in [-0.3, -0.25) is 19.1 Å². The van der Waals surface area contributed by atoms with Crippen molar-refractivity contribution in [3.8, 4) is 0 Å². The molecule has 1 aliphatic rings. The molecule has 3 rings (SSSR count). The molecule has 1 saturated heterocycles. The largest absolute Gasteiger partial charge is 0.309 e. The third kappa shape index (κ3) is 3.66. The lowest BCUT2D eigenvalue weighted by molar-refractivity contribution is -0.118. The van der Waals surface area contributed by atoms with Crippen LogP contribution in [-0.4, -0.2) is 66.0 Å². The first-order chi connectivity index (χ1) is 11.0. The van der Waals surface area contributed by atoms with Gasteiger partial charge in [-0.25, -0.2) is 10.0 Å². The fourth-order valence-electron chi connectivity index (χ4n) is 2.94. The molecule has 6 nitrogen and oxygen atoms in total. The molecule has 0 saturated carbocycles. The molecule has 0 N–H and O–H groups in total. The predicted molar refractivity (Wildman–Crippen MR) is 100 cm³/mol. The third-order valence-corrected chi connectivity index (χ3v) is 5.36. The Morgan fingerprint density at radius 1 is 1.25 bits per heavy atom. The van der Waals surface area contributed by atoms with Gasteiger partial charge in [0, 0.05) is 45.3 Å². The molecule has 1 atom stereocenters. The number of carbonyl (C=O) groups excluding carboxylic acids is 1. The van der Waals surface area contributed by atoms with Crippen molar-refractivity contribution < 1.29 is 4.79 Å². The van der Waals surface area contributed by atoms with Crippen molar-refractivity contribution in [1.82, 2.24) is 19.5 Å². The van der Waals surface area contributed by atoms with Gasteiger partial charge in [-0.15, -0.1) is 12.4 Å². The molecule has 0 radical (unpaired) electrons. The van der Waals surface area contributed by atoms with Crippen molar-refractivity contribution in [2.75, 3.05) is 40.3 Å². The van der Waals surface area contributed by atoms with Crippen LogP contribution in [0.4, 0.5) is 0 Å². The summed E-state index contributed by atoms with van der Waals surface area (Å²) in [6.45, 7) is 3.11. The van der Waals surface area contributed by atoms with Gasteiger partial charge >= 0.3 is 4.87 Å². The Hall–Kier alpha value is -0.960. The van der Waals surface area contributed by atoms with E-state index in [1.165, 1.54) is 0 Å². The van der Waals surface area contributed by atoms with Gasteiger partial charge in [0.25, 0.3) is 0 Å². The van der Waals surface area contributed by atoms with Crippen molar-refractivity contribution >= 4 is 51.8 Å². The maximum absolute atomic E-state index is 12.4. The highest BCUT2D eigenvalue weighted by Crippen LogP contribution is 2.25. The number of thiazole rings is 1. The number of hydrazine groups is 1. The molecule has 1 aromatic carbocycles. The number of piperazine rings is 1. The minimum Gasteiger partial charge on any atom is -0.299 e. The standard InChI is InChI=1S/C15H19ClN4O2S.ClH/c1-17(2)19-7-5-18(6-8-19)14(10-21)20-12-9-11(16)3-4-13(12)23-15(20)22;/h3-4,9-10,14H,5-8H2,1-2H3;1H. The molecule has 1 aliphatic heterocycles. The van der Waals surface area contributed by atoms with E-state index >= 15 is 0 Å². The van der Waals surface area contributed by atoms with Crippen LogP contribution in [0.5, 0.6) is 0 Å². The van der Waals surface area contributed by atoms with E-state index in [2.05, 4.69) is 10.0 Å². The molecule has 1 fully saturated rings. The van der Waals surface area contributed by atoms with E-state index in [4.69, 9.17) is 11.6 Å². The molecule has 0 aliphatic carbocycles. The second-order valence-electron chi connectivity index (χ2n) is 5.74. The number of halogens is 2. The van der Waals surface area contributed by atoms with E-state index < -0.39 is 6.17 Å². The van der Waals surface area contributed by atoms with Crippen LogP contribution >= 0.6 is 35.3 Å². The van der Waals surface area contributed by atoms with Gasteiger partial charge < -0.3 is 0 Å². The van der Waals surface area contributed by atoms with E-state index in [-0.39, 0.29) is 17.3 Å². The zero-order valence-electron chi connectivity index (χ0n) is 13.5. The first-order valence-corrected chi connectivity index (χ1v) is 8.63. The van der Waals surface area contributed by atoms with Gasteiger partial charge in [0.15, 0.2) is 6.29 Å². The summed E-state index contributed by atoms with van der Waals surface area (Å²) in [6, 6.07) is 5.34. The molecule has 9 heteroatoms. The highest BCUT2D eigenvalue weighted by molar-refractivity contribution is 7.16.